The van der Waals surface area contributed by atoms with Gasteiger partial charge in [-0.2, -0.15) is 0 Å². The van der Waals surface area contributed by atoms with Crippen molar-refractivity contribution in [3.05, 3.63) is 39.9 Å². The fourth-order valence-corrected chi connectivity index (χ4v) is 2.31. The number of hydrogen-bond acceptors (Lipinski definition) is 4. The van der Waals surface area contributed by atoms with E-state index in [-0.39, 0.29) is 22.9 Å². The Hall–Kier alpha value is -2.21. The van der Waals surface area contributed by atoms with Gasteiger partial charge in [0.25, 0.3) is 5.56 Å². The van der Waals surface area contributed by atoms with E-state index in [0.29, 0.717) is 17.7 Å². The van der Waals surface area contributed by atoms with Gasteiger partial charge in [0.15, 0.2) is 5.78 Å². The minimum absolute atomic E-state index is 0.00365. The van der Waals surface area contributed by atoms with Crippen LogP contribution in [0.1, 0.15) is 24.2 Å². The Kier molecular flexibility index (Phi) is 4.37. The van der Waals surface area contributed by atoms with Crippen molar-refractivity contribution in [1.82, 2.24) is 4.98 Å². The van der Waals surface area contributed by atoms with E-state index in [1.54, 1.807) is 13.2 Å². The maximum absolute atomic E-state index is 13.9. The molecule has 2 aromatic rings. The van der Waals surface area contributed by atoms with Gasteiger partial charge >= 0.3 is 0 Å². The molecule has 21 heavy (non-hydrogen) atoms. The van der Waals surface area contributed by atoms with Crippen molar-refractivity contribution in [3.63, 3.8) is 0 Å². The highest BCUT2D eigenvalue weighted by molar-refractivity contribution is 6.07. The maximum atomic E-state index is 13.9. The average molecular weight is 292 g/mol. The molecular formula is C15H17FN2O3. The quantitative estimate of drug-likeness (QED) is 0.830. The van der Waals surface area contributed by atoms with Gasteiger partial charge in [0.2, 0.25) is 0 Å². The first-order chi connectivity index (χ1) is 9.95. The number of aromatic nitrogens is 1. The van der Waals surface area contributed by atoms with Gasteiger partial charge in [-0.1, -0.05) is 12.1 Å². The van der Waals surface area contributed by atoms with Gasteiger partial charge in [-0.3, -0.25) is 9.59 Å². The summed E-state index contributed by atoms with van der Waals surface area (Å²) in [7, 11) is 1.56. The third-order valence-electron chi connectivity index (χ3n) is 3.16. The fourth-order valence-electron chi connectivity index (χ4n) is 2.31. The number of methoxy groups -OCH3 is 1. The zero-order valence-corrected chi connectivity index (χ0v) is 12.1. The van der Waals surface area contributed by atoms with Crippen LogP contribution in [0.15, 0.2) is 23.0 Å². The van der Waals surface area contributed by atoms with Crippen LogP contribution in [-0.4, -0.2) is 30.5 Å². The summed E-state index contributed by atoms with van der Waals surface area (Å²) in [5, 5.41) is 3.53. The van der Waals surface area contributed by atoms with Gasteiger partial charge in [-0.15, -0.1) is 0 Å². The number of carbonyl (C=O) groups excluding carboxylic acids is 1. The number of fused-ring (bicyclic) bond motifs is 1. The molecule has 1 unspecified atom stereocenters. The highest BCUT2D eigenvalue weighted by atomic mass is 19.1. The maximum Gasteiger partial charge on any atom is 0.261 e. The van der Waals surface area contributed by atoms with Gasteiger partial charge in [0.05, 0.1) is 17.8 Å². The molecule has 0 spiro atoms. The molecule has 2 N–H and O–H groups in total. The summed E-state index contributed by atoms with van der Waals surface area (Å²) in [5.41, 5.74) is -0.187. The smallest absolute Gasteiger partial charge is 0.261 e. The molecule has 0 fully saturated rings. The van der Waals surface area contributed by atoms with Crippen molar-refractivity contribution in [3.8, 4) is 0 Å². The van der Waals surface area contributed by atoms with E-state index in [9.17, 15) is 14.0 Å². The van der Waals surface area contributed by atoms with Gasteiger partial charge < -0.3 is 15.0 Å². The molecule has 6 heteroatoms. The molecule has 5 nitrogen and oxygen atoms in total. The van der Waals surface area contributed by atoms with E-state index >= 15 is 0 Å². The van der Waals surface area contributed by atoms with E-state index in [2.05, 4.69) is 10.3 Å². The number of ketones is 1. The number of nitrogens with one attached hydrogen (secondary N) is 2. The van der Waals surface area contributed by atoms with E-state index in [4.69, 9.17) is 4.74 Å². The second-order valence-corrected chi connectivity index (χ2v) is 4.92. The Balaban J connectivity index is 2.73. The molecule has 0 aliphatic carbocycles. The number of benzene rings is 1. The zero-order valence-electron chi connectivity index (χ0n) is 12.1. The first kappa shape index (κ1) is 15.2. The Morgan fingerprint density at radius 2 is 2.19 bits per heavy atom. The lowest BCUT2D eigenvalue weighted by atomic mass is 10.1. The molecule has 2 rings (SSSR count). The highest BCUT2D eigenvalue weighted by Gasteiger charge is 2.19. The molecule has 112 valence electrons. The van der Waals surface area contributed by atoms with Crippen LogP contribution < -0.4 is 10.9 Å². The number of para-hydroxylation sites is 1. The summed E-state index contributed by atoms with van der Waals surface area (Å²) in [6, 6.07) is 4.31. The minimum atomic E-state index is -0.604. The van der Waals surface area contributed by atoms with Gasteiger partial charge in [-0.05, 0) is 19.9 Å². The molecule has 0 amide bonds. The average Bonchev–Trinajstić information content (AvgIpc) is 2.39. The minimum Gasteiger partial charge on any atom is -0.383 e. The van der Waals surface area contributed by atoms with E-state index < -0.39 is 11.4 Å². The number of hydrogen-bond donors (Lipinski definition) is 2. The lowest BCUT2D eigenvalue weighted by molar-refractivity contribution is 0.101. The summed E-state index contributed by atoms with van der Waals surface area (Å²) in [4.78, 5) is 26.3. The number of pyridine rings is 1. The molecule has 1 heterocycles. The molecule has 0 aliphatic rings. The van der Waals surface area contributed by atoms with Crippen LogP contribution in [0.5, 0.6) is 0 Å². The van der Waals surface area contributed by atoms with Gasteiger partial charge in [-0.25, -0.2) is 4.39 Å². The molecule has 0 saturated heterocycles. The van der Waals surface area contributed by atoms with Crippen LogP contribution in [-0.2, 0) is 4.74 Å². The van der Waals surface area contributed by atoms with Crippen molar-refractivity contribution in [2.24, 2.45) is 0 Å². The van der Waals surface area contributed by atoms with Crippen LogP contribution in [0.4, 0.5) is 10.1 Å². The van der Waals surface area contributed by atoms with Crippen LogP contribution in [0.2, 0.25) is 0 Å². The number of rotatable bonds is 5. The van der Waals surface area contributed by atoms with Crippen molar-refractivity contribution in [2.75, 3.05) is 19.0 Å². The first-order valence-electron chi connectivity index (χ1n) is 6.56. The number of halogens is 1. The first-order valence-corrected chi connectivity index (χ1v) is 6.56. The lowest BCUT2D eigenvalue weighted by Gasteiger charge is -2.18. The van der Waals surface area contributed by atoms with Crippen molar-refractivity contribution in [1.29, 1.82) is 0 Å². The predicted molar refractivity (Wildman–Crippen MR) is 79.5 cm³/mol. The molecule has 1 aromatic carbocycles. The molecule has 1 aromatic heterocycles. The highest BCUT2D eigenvalue weighted by Crippen LogP contribution is 2.26. The van der Waals surface area contributed by atoms with E-state index in [1.165, 1.54) is 19.1 Å². The Bertz CT molecular complexity index is 740. The van der Waals surface area contributed by atoms with Crippen molar-refractivity contribution >= 4 is 22.4 Å². The zero-order chi connectivity index (χ0) is 15.6. The van der Waals surface area contributed by atoms with Crippen molar-refractivity contribution in [2.45, 2.75) is 19.9 Å². The second-order valence-electron chi connectivity index (χ2n) is 4.92. The molecule has 0 bridgehead atoms. The van der Waals surface area contributed by atoms with Crippen LogP contribution in [0.3, 0.4) is 0 Å². The lowest BCUT2D eigenvalue weighted by Crippen LogP contribution is -2.26. The topological polar surface area (TPSA) is 71.2 Å². The normalized spacial score (nSPS) is 12.4. The molecule has 1 atom stereocenters. The summed E-state index contributed by atoms with van der Waals surface area (Å²) >= 11 is 0. The Morgan fingerprint density at radius 1 is 1.48 bits per heavy atom. The number of anilines is 1. The number of carbonyl (C=O) groups is 1. The summed E-state index contributed by atoms with van der Waals surface area (Å²) in [6.07, 6.45) is 0. The third-order valence-corrected chi connectivity index (χ3v) is 3.16. The number of aromatic amines is 1. The Morgan fingerprint density at radius 3 is 2.81 bits per heavy atom. The van der Waals surface area contributed by atoms with Gasteiger partial charge in [0, 0.05) is 18.5 Å². The number of Topliss-reactive ketones (excluding diaryl/α,β-unsaturated/α-hetero) is 1. The second kappa shape index (κ2) is 6.05. The largest absolute Gasteiger partial charge is 0.383 e. The van der Waals surface area contributed by atoms with E-state index in [1.807, 2.05) is 6.92 Å². The van der Waals surface area contributed by atoms with Crippen molar-refractivity contribution < 1.29 is 13.9 Å². The van der Waals surface area contributed by atoms with Crippen LogP contribution >= 0.6 is 0 Å². The monoisotopic (exact) mass is 292 g/mol. The van der Waals surface area contributed by atoms with Crippen LogP contribution in [0.25, 0.3) is 10.9 Å². The standard InChI is InChI=1S/C15H17FN2O3/c1-8(7-21-3)17-14-10-5-4-6-11(16)13(10)18-15(20)12(14)9(2)19/h4-6,8H,7H2,1-3H3,(H2,17,18,20). The molecule has 0 aliphatic heterocycles. The van der Waals surface area contributed by atoms with Crippen LogP contribution in [0, 0.1) is 5.82 Å². The third kappa shape index (κ3) is 2.95. The number of ether oxygens (including phenoxy) is 1. The molecule has 0 saturated carbocycles. The Labute approximate surface area is 121 Å². The number of H-pyrrole nitrogens is 1. The van der Waals surface area contributed by atoms with Gasteiger partial charge in [0.1, 0.15) is 11.4 Å². The van der Waals surface area contributed by atoms with E-state index in [0.717, 1.165) is 0 Å². The fraction of sp³-hybridized carbons (Fsp3) is 0.333. The molecule has 0 radical (unpaired) electrons. The SMILES string of the molecule is COCC(C)Nc1c(C(C)=O)c(=O)[nH]c2c(F)cccc12. The summed E-state index contributed by atoms with van der Waals surface area (Å²) < 4.78 is 18.9. The predicted octanol–water partition coefficient (Wildman–Crippen LogP) is 2.32. The molecular weight excluding hydrogens is 275 g/mol. The summed E-state index contributed by atoms with van der Waals surface area (Å²) in [5.74, 6) is -0.920. The summed E-state index contributed by atoms with van der Waals surface area (Å²) in [6.45, 7) is 3.54.